The minimum absolute atomic E-state index is 0.0627. The molecule has 1 N–H and O–H groups in total. The third-order valence-corrected chi connectivity index (χ3v) is 5.05. The van der Waals surface area contributed by atoms with Gasteiger partial charge in [-0.3, -0.25) is 0 Å². The lowest BCUT2D eigenvalue weighted by atomic mass is 10.2. The molecular weight excluding hydrogens is 358 g/mol. The Hall–Kier alpha value is -2.72. The Kier molecular flexibility index (Phi) is 5.16. The minimum Gasteiger partial charge on any atom is -0.345 e. The lowest BCUT2D eigenvalue weighted by molar-refractivity contribution is 0.204. The van der Waals surface area contributed by atoms with Gasteiger partial charge in [0.05, 0.1) is 6.54 Å². The van der Waals surface area contributed by atoms with E-state index < -0.39 is 0 Å². The maximum atomic E-state index is 12.8. The summed E-state index contributed by atoms with van der Waals surface area (Å²) in [5, 5.41) is 3.65. The molecule has 138 valence electrons. The number of carbonyl (C=O) groups excluding carboxylic acids is 1. The van der Waals surface area contributed by atoms with Crippen LogP contribution in [0.4, 0.5) is 10.5 Å². The highest BCUT2D eigenvalue weighted by molar-refractivity contribution is 6.30. The lowest BCUT2D eigenvalue weighted by Gasteiger charge is -2.24. The summed E-state index contributed by atoms with van der Waals surface area (Å²) in [5.74, 6) is 0. The number of aromatic nitrogens is 1. The average molecular weight is 380 g/mol. The third kappa shape index (κ3) is 4.52. The zero-order valence-electron chi connectivity index (χ0n) is 15.0. The van der Waals surface area contributed by atoms with Crippen LogP contribution in [0.15, 0.2) is 72.9 Å². The molecule has 0 atom stereocenters. The van der Waals surface area contributed by atoms with Gasteiger partial charge in [-0.1, -0.05) is 41.9 Å². The number of urea groups is 1. The van der Waals surface area contributed by atoms with Crippen LogP contribution in [0.1, 0.15) is 24.1 Å². The Morgan fingerprint density at radius 2 is 1.78 bits per heavy atom. The molecule has 0 unspecified atom stereocenters. The zero-order chi connectivity index (χ0) is 18.6. The van der Waals surface area contributed by atoms with Crippen molar-refractivity contribution in [3.05, 3.63) is 89.2 Å². The first-order valence-corrected chi connectivity index (χ1v) is 9.58. The van der Waals surface area contributed by atoms with Crippen LogP contribution < -0.4 is 5.32 Å². The zero-order valence-corrected chi connectivity index (χ0v) is 15.8. The van der Waals surface area contributed by atoms with E-state index in [1.54, 1.807) is 12.1 Å². The van der Waals surface area contributed by atoms with E-state index in [4.69, 9.17) is 11.6 Å². The highest BCUT2D eigenvalue weighted by atomic mass is 35.5. The normalized spacial score (nSPS) is 13.4. The lowest BCUT2D eigenvalue weighted by Crippen LogP contribution is -2.36. The Balaban J connectivity index is 1.47. The molecule has 0 spiro atoms. The first-order chi connectivity index (χ1) is 13.2. The van der Waals surface area contributed by atoms with Crippen molar-refractivity contribution < 1.29 is 4.79 Å². The Morgan fingerprint density at radius 1 is 1.04 bits per heavy atom. The van der Waals surface area contributed by atoms with Gasteiger partial charge in [-0.15, -0.1) is 0 Å². The summed E-state index contributed by atoms with van der Waals surface area (Å²) in [6.07, 6.45) is 4.20. The van der Waals surface area contributed by atoms with Crippen molar-refractivity contribution in [3.8, 4) is 0 Å². The molecule has 2 aromatic carbocycles. The number of anilines is 1. The quantitative estimate of drug-likeness (QED) is 0.612. The van der Waals surface area contributed by atoms with E-state index >= 15 is 0 Å². The molecule has 1 fully saturated rings. The summed E-state index contributed by atoms with van der Waals surface area (Å²) in [7, 11) is 0. The highest BCUT2D eigenvalue weighted by Gasteiger charge is 2.33. The van der Waals surface area contributed by atoms with Gasteiger partial charge < -0.3 is 14.8 Å². The Bertz CT molecular complexity index is 901. The second kappa shape index (κ2) is 7.89. The molecule has 1 aromatic heterocycles. The fourth-order valence-corrected chi connectivity index (χ4v) is 3.31. The second-order valence-electron chi connectivity index (χ2n) is 6.91. The number of amides is 2. The number of halogens is 1. The minimum atomic E-state index is -0.0627. The van der Waals surface area contributed by atoms with Crippen LogP contribution in [-0.4, -0.2) is 21.5 Å². The van der Waals surface area contributed by atoms with Gasteiger partial charge in [-0.25, -0.2) is 4.79 Å². The maximum Gasteiger partial charge on any atom is 0.322 e. The molecule has 1 heterocycles. The van der Waals surface area contributed by atoms with Crippen molar-refractivity contribution in [1.82, 2.24) is 9.47 Å². The number of rotatable bonds is 6. The van der Waals surface area contributed by atoms with E-state index in [1.165, 1.54) is 5.56 Å². The van der Waals surface area contributed by atoms with Crippen LogP contribution in [0.3, 0.4) is 0 Å². The third-order valence-electron chi connectivity index (χ3n) is 4.80. The summed E-state index contributed by atoms with van der Waals surface area (Å²) in [6, 6.07) is 22.0. The molecule has 2 amide bonds. The van der Waals surface area contributed by atoms with Crippen LogP contribution in [-0.2, 0) is 13.1 Å². The van der Waals surface area contributed by atoms with Gasteiger partial charge in [-0.05, 0) is 54.8 Å². The molecule has 0 saturated heterocycles. The van der Waals surface area contributed by atoms with Crippen LogP contribution in [0.25, 0.3) is 0 Å². The topological polar surface area (TPSA) is 37.3 Å². The van der Waals surface area contributed by atoms with Crippen LogP contribution in [0.5, 0.6) is 0 Å². The van der Waals surface area contributed by atoms with Gasteiger partial charge in [0, 0.05) is 35.2 Å². The monoisotopic (exact) mass is 379 g/mol. The van der Waals surface area contributed by atoms with E-state index in [1.807, 2.05) is 29.2 Å². The summed E-state index contributed by atoms with van der Waals surface area (Å²) < 4.78 is 2.21. The predicted molar refractivity (Wildman–Crippen MR) is 109 cm³/mol. The summed E-state index contributed by atoms with van der Waals surface area (Å²) in [5.41, 5.74) is 3.14. The largest absolute Gasteiger partial charge is 0.345 e. The number of benzene rings is 2. The first-order valence-electron chi connectivity index (χ1n) is 9.20. The van der Waals surface area contributed by atoms with Crippen molar-refractivity contribution >= 4 is 23.3 Å². The number of nitrogens with one attached hydrogen (secondary N) is 1. The molecule has 5 heteroatoms. The molecule has 0 radical (unpaired) electrons. The number of carbonyl (C=O) groups is 1. The van der Waals surface area contributed by atoms with E-state index in [0.29, 0.717) is 17.6 Å². The summed E-state index contributed by atoms with van der Waals surface area (Å²) in [4.78, 5) is 14.8. The fraction of sp³-hybridized carbons (Fsp3) is 0.227. The molecule has 1 aliphatic carbocycles. The highest BCUT2D eigenvalue weighted by Crippen LogP contribution is 2.29. The fourth-order valence-electron chi connectivity index (χ4n) is 3.18. The van der Waals surface area contributed by atoms with Gasteiger partial charge in [0.2, 0.25) is 0 Å². The molecule has 27 heavy (non-hydrogen) atoms. The number of nitrogens with zero attached hydrogens (tertiary/aromatic N) is 2. The Labute approximate surface area is 164 Å². The number of hydrogen-bond donors (Lipinski definition) is 1. The van der Waals surface area contributed by atoms with Crippen molar-refractivity contribution in [2.24, 2.45) is 0 Å². The van der Waals surface area contributed by atoms with Gasteiger partial charge in [0.25, 0.3) is 0 Å². The van der Waals surface area contributed by atoms with Crippen molar-refractivity contribution in [2.45, 2.75) is 32.0 Å². The van der Waals surface area contributed by atoms with E-state index in [0.717, 1.165) is 30.8 Å². The van der Waals surface area contributed by atoms with Crippen molar-refractivity contribution in [2.75, 3.05) is 5.32 Å². The van der Waals surface area contributed by atoms with Gasteiger partial charge in [0.1, 0.15) is 0 Å². The van der Waals surface area contributed by atoms with Gasteiger partial charge in [-0.2, -0.15) is 0 Å². The van der Waals surface area contributed by atoms with Gasteiger partial charge in [0.15, 0.2) is 0 Å². The molecule has 4 rings (SSSR count). The van der Waals surface area contributed by atoms with E-state index in [9.17, 15) is 4.79 Å². The summed E-state index contributed by atoms with van der Waals surface area (Å²) >= 11 is 5.92. The molecule has 1 aliphatic rings. The molecular formula is C22H22ClN3O. The van der Waals surface area contributed by atoms with Crippen LogP contribution in [0, 0.1) is 0 Å². The van der Waals surface area contributed by atoms with E-state index in [2.05, 4.69) is 46.4 Å². The molecule has 0 bridgehead atoms. The smallest absolute Gasteiger partial charge is 0.322 e. The number of hydrogen-bond acceptors (Lipinski definition) is 1. The molecule has 3 aromatic rings. The molecule has 1 saturated carbocycles. The SMILES string of the molecule is O=C(Nc1ccc(Cl)cc1)N(Cc1cccn1Cc1ccccc1)C1CC1. The Morgan fingerprint density at radius 3 is 2.48 bits per heavy atom. The van der Waals surface area contributed by atoms with Crippen LogP contribution in [0.2, 0.25) is 5.02 Å². The van der Waals surface area contributed by atoms with Gasteiger partial charge >= 0.3 is 6.03 Å². The first kappa shape index (κ1) is 17.7. The van der Waals surface area contributed by atoms with Crippen molar-refractivity contribution in [3.63, 3.8) is 0 Å². The maximum absolute atomic E-state index is 12.8. The summed E-state index contributed by atoms with van der Waals surface area (Å²) in [6.45, 7) is 1.41. The molecule has 0 aliphatic heterocycles. The second-order valence-corrected chi connectivity index (χ2v) is 7.35. The average Bonchev–Trinajstić information content (AvgIpc) is 3.43. The van der Waals surface area contributed by atoms with Crippen molar-refractivity contribution in [1.29, 1.82) is 0 Å². The molecule has 4 nitrogen and oxygen atoms in total. The van der Waals surface area contributed by atoms with Crippen LogP contribution >= 0.6 is 11.6 Å². The van der Waals surface area contributed by atoms with E-state index in [-0.39, 0.29) is 6.03 Å². The standard InChI is InChI=1S/C22H22ClN3O/c23-18-8-10-19(11-9-18)24-22(27)26(20-12-13-20)16-21-7-4-14-25(21)15-17-5-2-1-3-6-17/h1-11,14,20H,12-13,15-16H2,(H,24,27). The predicted octanol–water partition coefficient (Wildman–Crippen LogP) is 5.39.